The second kappa shape index (κ2) is 6.76. The van der Waals surface area contributed by atoms with Crippen LogP contribution in [0.5, 0.6) is 11.8 Å². The zero-order valence-electron chi connectivity index (χ0n) is 13.6. The number of carbonyl (C=O) groups is 1. The number of rotatable bonds is 5. The number of nitrogens with one attached hydrogen (secondary N) is 2. The molecule has 0 bridgehead atoms. The first-order valence-corrected chi connectivity index (χ1v) is 8.47. The highest BCUT2D eigenvalue weighted by molar-refractivity contribution is 7.13. The number of tetrazole rings is 1. The largest absolute Gasteiger partial charge is 0.422 e. The number of ether oxygens (including phenoxy) is 1. The third kappa shape index (κ3) is 3.30. The minimum absolute atomic E-state index is 0.123. The van der Waals surface area contributed by atoms with Crippen LogP contribution in [-0.2, 0) is 7.05 Å². The molecular weight excluding hydrogens is 354 g/mol. The molecule has 0 saturated heterocycles. The number of aryl methyl sites for hydroxylation is 1. The summed E-state index contributed by atoms with van der Waals surface area (Å²) in [7, 11) is 1.74. The summed E-state index contributed by atoms with van der Waals surface area (Å²) >= 11 is 1.58. The van der Waals surface area contributed by atoms with Crippen molar-refractivity contribution in [2.24, 2.45) is 7.05 Å². The second-order valence-electron chi connectivity index (χ2n) is 5.29. The number of anilines is 1. The van der Waals surface area contributed by atoms with Crippen molar-refractivity contribution in [3.05, 3.63) is 53.5 Å². The number of hydrogen-bond acceptors (Lipinski definition) is 7. The maximum Gasteiger partial charge on any atom is 0.361 e. The van der Waals surface area contributed by atoms with E-state index in [0.29, 0.717) is 17.1 Å². The van der Waals surface area contributed by atoms with Gasteiger partial charge in [0.05, 0.1) is 4.88 Å². The Hall–Kier alpha value is -3.53. The van der Waals surface area contributed by atoms with E-state index in [2.05, 4.69) is 31.0 Å². The third-order valence-corrected chi connectivity index (χ3v) is 4.43. The average Bonchev–Trinajstić information content (AvgIpc) is 3.37. The molecule has 0 unspecified atom stereocenters. The summed E-state index contributed by atoms with van der Waals surface area (Å²) in [4.78, 5) is 13.5. The first kappa shape index (κ1) is 16.0. The fourth-order valence-corrected chi connectivity index (χ4v) is 3.01. The molecule has 0 aliphatic carbocycles. The molecule has 0 aliphatic heterocycles. The quantitative estimate of drug-likeness (QED) is 0.561. The maximum absolute atomic E-state index is 12.5. The van der Waals surface area contributed by atoms with Gasteiger partial charge in [-0.25, -0.2) is 0 Å². The van der Waals surface area contributed by atoms with Gasteiger partial charge in [-0.1, -0.05) is 16.3 Å². The molecule has 130 valence electrons. The number of aromatic amines is 1. The number of aromatic nitrogens is 6. The molecule has 4 aromatic rings. The number of carbonyl (C=O) groups excluding carboxylic acids is 1. The summed E-state index contributed by atoms with van der Waals surface area (Å²) < 4.78 is 6.95. The van der Waals surface area contributed by atoms with E-state index in [0.717, 1.165) is 10.6 Å². The van der Waals surface area contributed by atoms with Crippen LogP contribution >= 0.6 is 11.3 Å². The second-order valence-corrected chi connectivity index (χ2v) is 6.24. The van der Waals surface area contributed by atoms with Crippen LogP contribution in [-0.4, -0.2) is 36.3 Å². The van der Waals surface area contributed by atoms with Gasteiger partial charge in [0.1, 0.15) is 17.1 Å². The Morgan fingerprint density at radius 2 is 2.12 bits per heavy atom. The van der Waals surface area contributed by atoms with E-state index in [1.165, 1.54) is 0 Å². The van der Waals surface area contributed by atoms with Crippen LogP contribution in [0.2, 0.25) is 0 Å². The van der Waals surface area contributed by atoms with Gasteiger partial charge in [0.15, 0.2) is 0 Å². The topological polar surface area (TPSA) is 111 Å². The van der Waals surface area contributed by atoms with Crippen molar-refractivity contribution in [2.45, 2.75) is 0 Å². The molecule has 1 amide bonds. The molecule has 0 atom stereocenters. The Morgan fingerprint density at radius 3 is 2.81 bits per heavy atom. The Kier molecular flexibility index (Phi) is 4.15. The van der Waals surface area contributed by atoms with Crippen molar-refractivity contribution in [3.8, 4) is 22.3 Å². The number of H-pyrrole nitrogens is 1. The van der Waals surface area contributed by atoms with E-state index in [4.69, 9.17) is 4.74 Å². The van der Waals surface area contributed by atoms with Gasteiger partial charge in [0.25, 0.3) is 5.91 Å². The molecule has 26 heavy (non-hydrogen) atoms. The molecule has 0 spiro atoms. The average molecular weight is 367 g/mol. The lowest BCUT2D eigenvalue weighted by Crippen LogP contribution is -2.15. The van der Waals surface area contributed by atoms with Gasteiger partial charge < -0.3 is 10.1 Å². The molecule has 0 aliphatic rings. The minimum atomic E-state index is -0.241. The van der Waals surface area contributed by atoms with Crippen molar-refractivity contribution in [3.63, 3.8) is 0 Å². The highest BCUT2D eigenvalue weighted by Crippen LogP contribution is 2.24. The molecule has 0 radical (unpaired) electrons. The van der Waals surface area contributed by atoms with Crippen LogP contribution in [0.4, 0.5) is 5.69 Å². The first-order valence-electron chi connectivity index (χ1n) is 7.60. The van der Waals surface area contributed by atoms with Gasteiger partial charge in [-0.2, -0.15) is 10.3 Å². The summed E-state index contributed by atoms with van der Waals surface area (Å²) in [5.74, 6) is 0.291. The summed E-state index contributed by atoms with van der Waals surface area (Å²) in [5.41, 5.74) is 1.88. The Balaban J connectivity index is 1.46. The lowest BCUT2D eigenvalue weighted by atomic mass is 10.2. The zero-order chi connectivity index (χ0) is 17.9. The van der Waals surface area contributed by atoms with Gasteiger partial charge in [0.2, 0.25) is 0 Å². The monoisotopic (exact) mass is 367 g/mol. The Morgan fingerprint density at radius 1 is 1.27 bits per heavy atom. The van der Waals surface area contributed by atoms with Gasteiger partial charge in [-0.15, -0.1) is 11.3 Å². The molecule has 9 nitrogen and oxygen atoms in total. The van der Waals surface area contributed by atoms with Gasteiger partial charge in [-0.05, 0) is 47.0 Å². The van der Waals surface area contributed by atoms with Crippen LogP contribution in [0.25, 0.3) is 10.6 Å². The van der Waals surface area contributed by atoms with Gasteiger partial charge in [-0.3, -0.25) is 9.48 Å². The van der Waals surface area contributed by atoms with E-state index < -0.39 is 0 Å². The highest BCUT2D eigenvalue weighted by Gasteiger charge is 2.15. The van der Waals surface area contributed by atoms with Gasteiger partial charge >= 0.3 is 6.01 Å². The summed E-state index contributed by atoms with van der Waals surface area (Å²) in [5, 5.41) is 22.3. The third-order valence-electron chi connectivity index (χ3n) is 3.53. The summed E-state index contributed by atoms with van der Waals surface area (Å²) in [6.07, 6.45) is 0. The smallest absolute Gasteiger partial charge is 0.361 e. The molecule has 2 N–H and O–H groups in total. The zero-order valence-corrected chi connectivity index (χ0v) is 14.4. The highest BCUT2D eigenvalue weighted by atomic mass is 32.1. The predicted octanol–water partition coefficient (Wildman–Crippen LogP) is 2.71. The van der Waals surface area contributed by atoms with Crippen LogP contribution in [0.1, 0.15) is 10.5 Å². The van der Waals surface area contributed by atoms with Crippen molar-refractivity contribution in [1.29, 1.82) is 0 Å². The minimum Gasteiger partial charge on any atom is -0.422 e. The fraction of sp³-hybridized carbons (Fsp3) is 0.0625. The molecule has 3 heterocycles. The standard InChI is InChI=1S/C16H13N7O2S/c1-23-13(9-12(20-23)14-3-2-8-26-14)15(24)17-10-4-6-11(7-5-10)25-16-18-21-22-19-16/h2-9H,1H3,(H,17,24)(H,18,19,21,22). The SMILES string of the molecule is Cn1nc(-c2cccs2)cc1C(=O)Nc1ccc(Oc2nn[nH]n2)cc1. The van der Waals surface area contributed by atoms with Crippen LogP contribution < -0.4 is 10.1 Å². The molecule has 1 aromatic carbocycles. The van der Waals surface area contributed by atoms with E-state index in [-0.39, 0.29) is 11.9 Å². The van der Waals surface area contributed by atoms with Gasteiger partial charge in [0, 0.05) is 12.7 Å². The van der Waals surface area contributed by atoms with E-state index >= 15 is 0 Å². The first-order chi connectivity index (χ1) is 12.7. The lowest BCUT2D eigenvalue weighted by molar-refractivity contribution is 0.101. The Bertz CT molecular complexity index is 1010. The number of amides is 1. The van der Waals surface area contributed by atoms with Crippen molar-refractivity contribution < 1.29 is 9.53 Å². The lowest BCUT2D eigenvalue weighted by Gasteiger charge is -2.06. The van der Waals surface area contributed by atoms with Crippen LogP contribution in [0.15, 0.2) is 47.8 Å². The van der Waals surface area contributed by atoms with Crippen molar-refractivity contribution in [1.82, 2.24) is 30.4 Å². The number of thiophene rings is 1. The fourth-order valence-electron chi connectivity index (χ4n) is 2.33. The molecule has 0 saturated carbocycles. The number of benzene rings is 1. The van der Waals surface area contributed by atoms with Crippen molar-refractivity contribution >= 4 is 22.9 Å². The molecule has 0 fully saturated rings. The van der Waals surface area contributed by atoms with Crippen LogP contribution in [0, 0.1) is 0 Å². The molecule has 4 rings (SSSR count). The van der Waals surface area contributed by atoms with E-state index in [1.807, 2.05) is 17.5 Å². The number of nitrogens with zero attached hydrogens (tertiary/aromatic N) is 5. The predicted molar refractivity (Wildman–Crippen MR) is 95.2 cm³/mol. The van der Waals surface area contributed by atoms with Crippen LogP contribution in [0.3, 0.4) is 0 Å². The molecule has 3 aromatic heterocycles. The summed E-state index contributed by atoms with van der Waals surface area (Å²) in [6.45, 7) is 0. The van der Waals surface area contributed by atoms with Crippen molar-refractivity contribution in [2.75, 3.05) is 5.32 Å². The van der Waals surface area contributed by atoms with E-state index in [9.17, 15) is 4.79 Å². The number of hydrogen-bond donors (Lipinski definition) is 2. The Labute approximate surface area is 151 Å². The maximum atomic E-state index is 12.5. The normalized spacial score (nSPS) is 10.7. The molecular formula is C16H13N7O2S. The van der Waals surface area contributed by atoms with E-state index in [1.54, 1.807) is 53.4 Å². The summed E-state index contributed by atoms with van der Waals surface area (Å²) in [6, 6.07) is 12.7. The molecule has 10 heteroatoms.